The molecule has 3 aromatic rings. The molecule has 4 rings (SSSR count). The van der Waals surface area contributed by atoms with Crippen LogP contribution in [0.3, 0.4) is 0 Å². The van der Waals surface area contributed by atoms with Gasteiger partial charge in [-0.1, -0.05) is 35.3 Å². The molecule has 0 bridgehead atoms. The SMILES string of the molecule is CN(C)C(=O)Oc1cccc(C(CC(=O)O)NC(=O)C2CCN(C(=O)C=Cc3cc4ccsc4c(Cl)c3Cl)CC2)c1. The summed E-state index contributed by atoms with van der Waals surface area (Å²) in [5, 5.41) is 16.0. The second-order valence-electron chi connectivity index (χ2n) is 9.86. The highest BCUT2D eigenvalue weighted by molar-refractivity contribution is 7.18. The molecular weight excluding hydrogens is 589 g/mol. The molecule has 216 valence electrons. The molecule has 0 aliphatic carbocycles. The van der Waals surface area contributed by atoms with E-state index in [1.165, 1.54) is 22.3 Å². The van der Waals surface area contributed by atoms with E-state index in [0.29, 0.717) is 47.1 Å². The molecule has 9 nitrogen and oxygen atoms in total. The van der Waals surface area contributed by atoms with Gasteiger partial charge in [0, 0.05) is 39.2 Å². The highest BCUT2D eigenvalue weighted by Gasteiger charge is 2.29. The van der Waals surface area contributed by atoms with E-state index >= 15 is 0 Å². The summed E-state index contributed by atoms with van der Waals surface area (Å²) in [4.78, 5) is 52.4. The Hall–Kier alpha value is -3.60. The Morgan fingerprint density at radius 1 is 1.15 bits per heavy atom. The van der Waals surface area contributed by atoms with Crippen LogP contribution >= 0.6 is 34.5 Å². The number of ether oxygens (including phenoxy) is 1. The summed E-state index contributed by atoms with van der Waals surface area (Å²) in [7, 11) is 3.09. The van der Waals surface area contributed by atoms with E-state index in [-0.39, 0.29) is 29.9 Å². The van der Waals surface area contributed by atoms with E-state index in [2.05, 4.69) is 5.32 Å². The van der Waals surface area contributed by atoms with Crippen molar-refractivity contribution in [2.45, 2.75) is 25.3 Å². The summed E-state index contributed by atoms with van der Waals surface area (Å²) >= 11 is 14.3. The molecule has 2 N–H and O–H groups in total. The van der Waals surface area contributed by atoms with Crippen molar-refractivity contribution in [2.24, 2.45) is 5.92 Å². The molecule has 0 radical (unpaired) electrons. The largest absolute Gasteiger partial charge is 0.481 e. The van der Waals surface area contributed by atoms with E-state index in [1.54, 1.807) is 49.3 Å². The molecule has 12 heteroatoms. The summed E-state index contributed by atoms with van der Waals surface area (Å²) in [5.74, 6) is -1.72. The highest BCUT2D eigenvalue weighted by Crippen LogP contribution is 2.37. The van der Waals surface area contributed by atoms with Crippen molar-refractivity contribution < 1.29 is 29.0 Å². The van der Waals surface area contributed by atoms with Crippen molar-refractivity contribution in [3.63, 3.8) is 0 Å². The molecule has 1 unspecified atom stereocenters. The minimum Gasteiger partial charge on any atom is -0.481 e. The van der Waals surface area contributed by atoms with Gasteiger partial charge in [0.15, 0.2) is 0 Å². The third-order valence-electron chi connectivity index (χ3n) is 6.76. The molecule has 0 spiro atoms. The van der Waals surface area contributed by atoms with Crippen LogP contribution < -0.4 is 10.1 Å². The number of carboxylic acids is 1. The number of carbonyl (C=O) groups excluding carboxylic acids is 3. The number of likely N-dealkylation sites (tertiary alicyclic amines) is 1. The van der Waals surface area contributed by atoms with Gasteiger partial charge in [-0.05, 0) is 65.1 Å². The van der Waals surface area contributed by atoms with Gasteiger partial charge in [-0.15, -0.1) is 11.3 Å². The molecule has 1 saturated heterocycles. The van der Waals surface area contributed by atoms with E-state index in [4.69, 9.17) is 27.9 Å². The number of carbonyl (C=O) groups is 4. The molecule has 1 fully saturated rings. The van der Waals surface area contributed by atoms with E-state index in [0.717, 1.165) is 10.1 Å². The third-order valence-corrected chi connectivity index (χ3v) is 8.70. The summed E-state index contributed by atoms with van der Waals surface area (Å²) in [6.45, 7) is 0.748. The Morgan fingerprint density at radius 3 is 2.56 bits per heavy atom. The zero-order chi connectivity index (χ0) is 29.7. The van der Waals surface area contributed by atoms with Gasteiger partial charge < -0.3 is 25.0 Å². The molecule has 1 aliphatic heterocycles. The number of piperidine rings is 1. The number of thiophene rings is 1. The first kappa shape index (κ1) is 30.4. The van der Waals surface area contributed by atoms with Crippen molar-refractivity contribution in [1.29, 1.82) is 0 Å². The lowest BCUT2D eigenvalue weighted by Gasteiger charge is -2.31. The Balaban J connectivity index is 1.36. The molecule has 41 heavy (non-hydrogen) atoms. The van der Waals surface area contributed by atoms with Gasteiger partial charge in [0.25, 0.3) is 0 Å². The predicted octanol–water partition coefficient (Wildman–Crippen LogP) is 5.85. The maximum atomic E-state index is 13.1. The molecule has 2 aromatic carbocycles. The number of hydrogen-bond acceptors (Lipinski definition) is 6. The normalized spacial score (nSPS) is 14.7. The molecular formula is C29H29Cl2N3O6S. The number of aliphatic carboxylic acids is 1. The van der Waals surface area contributed by atoms with Crippen molar-refractivity contribution >= 4 is 74.6 Å². The first-order chi connectivity index (χ1) is 19.5. The number of hydrogen-bond donors (Lipinski definition) is 2. The Kier molecular flexibility index (Phi) is 9.90. The second kappa shape index (κ2) is 13.4. The second-order valence-corrected chi connectivity index (χ2v) is 11.5. The quantitative estimate of drug-likeness (QED) is 0.306. The maximum absolute atomic E-state index is 13.1. The fourth-order valence-corrected chi connectivity index (χ4v) is 5.96. The summed E-state index contributed by atoms with van der Waals surface area (Å²) in [6.07, 6.45) is 3.04. The fraction of sp³-hybridized carbons (Fsp3) is 0.310. The standard InChI is InChI=1S/C29H29Cl2N3O6S/c1-33(2)29(39)40-21-5-3-4-18(15-21)22(16-24(36)37)32-28(38)17-8-11-34(12-9-17)23(35)7-6-19-14-20-10-13-41-27(20)26(31)25(19)30/h3-7,10,13-15,17,22H,8-9,11-12,16H2,1-2H3,(H,32,38)(H,36,37). The van der Waals surface area contributed by atoms with Gasteiger partial charge in [0.2, 0.25) is 11.8 Å². The van der Waals surface area contributed by atoms with Gasteiger partial charge in [0.05, 0.1) is 27.2 Å². The maximum Gasteiger partial charge on any atom is 0.414 e. The van der Waals surface area contributed by atoms with Gasteiger partial charge >= 0.3 is 12.1 Å². The lowest BCUT2D eigenvalue weighted by Crippen LogP contribution is -2.43. The van der Waals surface area contributed by atoms with Crippen LogP contribution in [0.5, 0.6) is 5.75 Å². The monoisotopic (exact) mass is 617 g/mol. The van der Waals surface area contributed by atoms with Crippen molar-refractivity contribution in [1.82, 2.24) is 15.1 Å². The first-order valence-electron chi connectivity index (χ1n) is 12.9. The number of nitrogens with zero attached hydrogens (tertiary/aromatic N) is 2. The number of carboxylic acid groups (broad SMARTS) is 1. The number of rotatable bonds is 8. The molecule has 2 heterocycles. The van der Waals surface area contributed by atoms with Crippen LogP contribution in [0.15, 0.2) is 47.9 Å². The summed E-state index contributed by atoms with van der Waals surface area (Å²) in [5.41, 5.74) is 1.15. The zero-order valence-electron chi connectivity index (χ0n) is 22.4. The van der Waals surface area contributed by atoms with Gasteiger partial charge in [-0.2, -0.15) is 0 Å². The van der Waals surface area contributed by atoms with Crippen LogP contribution in [-0.2, 0) is 14.4 Å². The minimum atomic E-state index is -1.09. The summed E-state index contributed by atoms with van der Waals surface area (Å²) in [6, 6.07) is 9.42. The zero-order valence-corrected chi connectivity index (χ0v) is 24.8. The lowest BCUT2D eigenvalue weighted by molar-refractivity contribution is -0.138. The van der Waals surface area contributed by atoms with Crippen LogP contribution in [-0.4, -0.2) is 66.0 Å². The Bertz CT molecular complexity index is 1500. The van der Waals surface area contributed by atoms with Gasteiger partial charge in [0.1, 0.15) is 5.75 Å². The topological polar surface area (TPSA) is 116 Å². The molecule has 0 saturated carbocycles. The number of nitrogens with one attached hydrogen (secondary N) is 1. The Labute approximate surface area is 251 Å². The van der Waals surface area contributed by atoms with Crippen molar-refractivity contribution in [2.75, 3.05) is 27.2 Å². The molecule has 1 aromatic heterocycles. The van der Waals surface area contributed by atoms with Crippen LogP contribution in [0.4, 0.5) is 4.79 Å². The highest BCUT2D eigenvalue weighted by atomic mass is 35.5. The number of fused-ring (bicyclic) bond motifs is 1. The van der Waals surface area contributed by atoms with Gasteiger partial charge in [-0.3, -0.25) is 14.4 Å². The smallest absolute Gasteiger partial charge is 0.414 e. The van der Waals surface area contributed by atoms with E-state index in [9.17, 15) is 24.3 Å². The van der Waals surface area contributed by atoms with Crippen molar-refractivity contribution in [3.8, 4) is 5.75 Å². The molecule has 1 atom stereocenters. The van der Waals surface area contributed by atoms with Gasteiger partial charge in [-0.25, -0.2) is 4.79 Å². The predicted molar refractivity (Wildman–Crippen MR) is 159 cm³/mol. The summed E-state index contributed by atoms with van der Waals surface area (Å²) < 4.78 is 6.17. The Morgan fingerprint density at radius 2 is 1.88 bits per heavy atom. The van der Waals surface area contributed by atoms with E-state index in [1.807, 2.05) is 17.5 Å². The number of halogens is 2. The first-order valence-corrected chi connectivity index (χ1v) is 14.5. The molecule has 3 amide bonds. The fourth-order valence-electron chi connectivity index (χ4n) is 4.52. The average molecular weight is 619 g/mol. The van der Waals surface area contributed by atoms with Crippen LogP contribution in [0.1, 0.15) is 36.4 Å². The lowest BCUT2D eigenvalue weighted by atomic mass is 9.94. The molecule has 1 aliphatic rings. The van der Waals surface area contributed by atoms with E-state index < -0.39 is 18.1 Å². The van der Waals surface area contributed by atoms with Crippen LogP contribution in [0.25, 0.3) is 16.2 Å². The number of benzene rings is 2. The number of amides is 3. The average Bonchev–Trinajstić information content (AvgIpc) is 3.42. The third kappa shape index (κ3) is 7.58. The minimum absolute atomic E-state index is 0.200. The van der Waals surface area contributed by atoms with Crippen LogP contribution in [0, 0.1) is 5.92 Å². The van der Waals surface area contributed by atoms with Crippen LogP contribution in [0.2, 0.25) is 10.0 Å². The van der Waals surface area contributed by atoms with Crippen molar-refractivity contribution in [3.05, 3.63) is 69.0 Å².